The van der Waals surface area contributed by atoms with Crippen LogP contribution in [0, 0.1) is 5.92 Å². The topological polar surface area (TPSA) is 15.3 Å². The highest BCUT2D eigenvalue weighted by molar-refractivity contribution is 14.1. The van der Waals surface area contributed by atoms with Gasteiger partial charge in [0.15, 0.2) is 0 Å². The zero-order valence-electron chi connectivity index (χ0n) is 7.42. The fourth-order valence-corrected chi connectivity index (χ4v) is 1.95. The zero-order valence-corrected chi connectivity index (χ0v) is 11.2. The van der Waals surface area contributed by atoms with Gasteiger partial charge in [-0.3, -0.25) is 4.90 Å². The minimum absolute atomic E-state index is 0. The predicted molar refractivity (Wildman–Crippen MR) is 67.0 cm³/mol. The zero-order chi connectivity index (χ0) is 7.56. The molecule has 76 valence electrons. The monoisotopic (exact) mass is 326 g/mol. The van der Waals surface area contributed by atoms with Crippen molar-refractivity contribution in [2.45, 2.75) is 10.5 Å². The van der Waals surface area contributed by atoms with Crippen LogP contribution in [0.3, 0.4) is 0 Å². The second-order valence-corrected chi connectivity index (χ2v) is 4.37. The second-order valence-electron chi connectivity index (χ2n) is 3.09. The minimum atomic E-state index is 0. The van der Waals surface area contributed by atoms with Crippen LogP contribution in [0.25, 0.3) is 0 Å². The van der Waals surface area contributed by atoms with Crippen LogP contribution in [0.5, 0.6) is 0 Å². The van der Waals surface area contributed by atoms with Crippen LogP contribution in [0.15, 0.2) is 0 Å². The van der Waals surface area contributed by atoms with E-state index in [2.05, 4.69) is 46.9 Å². The summed E-state index contributed by atoms with van der Waals surface area (Å²) in [7, 11) is 4.30. The molecule has 0 bridgehead atoms. The van der Waals surface area contributed by atoms with Gasteiger partial charge in [0.1, 0.15) is 0 Å². The molecule has 1 aliphatic heterocycles. The second kappa shape index (κ2) is 7.62. The lowest BCUT2D eigenvalue weighted by Crippen LogP contribution is -2.30. The van der Waals surface area contributed by atoms with Gasteiger partial charge in [-0.05, 0) is 33.0 Å². The van der Waals surface area contributed by atoms with E-state index in [-0.39, 0.29) is 24.8 Å². The highest BCUT2D eigenvalue weighted by Gasteiger charge is 2.23. The molecule has 0 aromatic heterocycles. The summed E-state index contributed by atoms with van der Waals surface area (Å²) >= 11 is 2.52. The summed E-state index contributed by atoms with van der Waals surface area (Å²) in [5, 5.41) is 3.38. The van der Waals surface area contributed by atoms with Gasteiger partial charge in [-0.15, -0.1) is 24.8 Å². The third kappa shape index (κ3) is 4.46. The lowest BCUT2D eigenvalue weighted by molar-refractivity contribution is 0.320. The molecule has 0 radical (unpaired) electrons. The fourth-order valence-electron chi connectivity index (χ4n) is 1.33. The van der Waals surface area contributed by atoms with Gasteiger partial charge in [0.05, 0.1) is 4.05 Å². The molecule has 5 heteroatoms. The highest BCUT2D eigenvalue weighted by Crippen LogP contribution is 2.21. The van der Waals surface area contributed by atoms with Crippen LogP contribution in [0.4, 0.5) is 0 Å². The van der Waals surface area contributed by atoms with Crippen molar-refractivity contribution in [2.75, 3.05) is 27.2 Å². The van der Waals surface area contributed by atoms with E-state index in [1.54, 1.807) is 0 Å². The fraction of sp³-hybridized carbons (Fsp3) is 1.00. The summed E-state index contributed by atoms with van der Waals surface area (Å²) in [5.41, 5.74) is 0. The highest BCUT2D eigenvalue weighted by atomic mass is 127. The van der Waals surface area contributed by atoms with Gasteiger partial charge in [-0.1, -0.05) is 22.6 Å². The molecule has 0 saturated carbocycles. The van der Waals surface area contributed by atoms with Gasteiger partial charge in [0.2, 0.25) is 0 Å². The molecule has 2 unspecified atom stereocenters. The average Bonchev–Trinajstić information content (AvgIpc) is 2.36. The summed E-state index contributed by atoms with van der Waals surface area (Å²) in [6.45, 7) is 2.41. The van der Waals surface area contributed by atoms with E-state index in [0.717, 1.165) is 5.92 Å². The third-order valence-electron chi connectivity index (χ3n) is 1.98. The van der Waals surface area contributed by atoms with E-state index in [0.29, 0.717) is 4.05 Å². The lowest BCUT2D eigenvalue weighted by Gasteiger charge is -2.23. The smallest absolute Gasteiger partial charge is 0.0654 e. The Morgan fingerprint density at radius 2 is 2.00 bits per heavy atom. The number of hydrogen-bond acceptors (Lipinski definition) is 2. The molecule has 0 aromatic carbocycles. The first-order chi connectivity index (χ1) is 4.72. The molecular formula is C7H17Cl2IN2. The van der Waals surface area contributed by atoms with Crippen LogP contribution in [-0.2, 0) is 0 Å². The summed E-state index contributed by atoms with van der Waals surface area (Å²) in [6, 6.07) is 0. The summed E-state index contributed by atoms with van der Waals surface area (Å²) in [6.07, 6.45) is 1.34. The first-order valence-corrected chi connectivity index (χ1v) is 4.97. The molecule has 0 aromatic rings. The maximum absolute atomic E-state index is 3.38. The van der Waals surface area contributed by atoms with Crippen molar-refractivity contribution in [3.8, 4) is 0 Å². The Labute approximate surface area is 101 Å². The molecule has 2 atom stereocenters. The SMILES string of the molecule is CN(C)C(I)C1CCNC1.Cl.Cl. The van der Waals surface area contributed by atoms with Gasteiger partial charge in [-0.25, -0.2) is 0 Å². The molecule has 0 aliphatic carbocycles. The number of alkyl halides is 1. The number of halogens is 3. The molecule has 1 rings (SSSR count). The predicted octanol–water partition coefficient (Wildman–Crippen LogP) is 1.76. The van der Waals surface area contributed by atoms with Crippen molar-refractivity contribution in [3.05, 3.63) is 0 Å². The molecule has 1 fully saturated rings. The van der Waals surface area contributed by atoms with Gasteiger partial charge >= 0.3 is 0 Å². The van der Waals surface area contributed by atoms with Gasteiger partial charge in [-0.2, -0.15) is 0 Å². The first-order valence-electron chi connectivity index (χ1n) is 3.73. The maximum atomic E-state index is 3.38. The number of nitrogens with one attached hydrogen (secondary N) is 1. The first kappa shape index (κ1) is 15.7. The Hall–Kier alpha value is 1.23. The molecule has 1 aliphatic rings. The number of rotatable bonds is 2. The van der Waals surface area contributed by atoms with Crippen LogP contribution >= 0.6 is 47.4 Å². The summed E-state index contributed by atoms with van der Waals surface area (Å²) in [4.78, 5) is 2.29. The lowest BCUT2D eigenvalue weighted by atomic mass is 10.1. The molecule has 2 nitrogen and oxygen atoms in total. The van der Waals surface area contributed by atoms with Crippen molar-refractivity contribution in [3.63, 3.8) is 0 Å². The standard InChI is InChI=1S/C7H15IN2.2ClH/c1-10(2)7(8)6-3-4-9-5-6;;/h6-7,9H,3-5H2,1-2H3;2*1H. The van der Waals surface area contributed by atoms with E-state index in [1.807, 2.05) is 0 Å². The average molecular weight is 327 g/mol. The van der Waals surface area contributed by atoms with E-state index in [9.17, 15) is 0 Å². The Balaban J connectivity index is 0. The minimum Gasteiger partial charge on any atom is -0.316 e. The van der Waals surface area contributed by atoms with E-state index in [4.69, 9.17) is 0 Å². The Morgan fingerprint density at radius 3 is 2.33 bits per heavy atom. The van der Waals surface area contributed by atoms with Crippen LogP contribution < -0.4 is 5.32 Å². The Kier molecular flexibility index (Phi) is 9.96. The largest absolute Gasteiger partial charge is 0.316 e. The van der Waals surface area contributed by atoms with Crippen LogP contribution in [-0.4, -0.2) is 36.1 Å². The summed E-state index contributed by atoms with van der Waals surface area (Å²) < 4.78 is 0.701. The summed E-state index contributed by atoms with van der Waals surface area (Å²) in [5.74, 6) is 0.857. The van der Waals surface area contributed by atoms with Crippen LogP contribution in [0.2, 0.25) is 0 Å². The molecule has 0 amide bonds. The third-order valence-corrected chi connectivity index (χ3v) is 4.11. The Morgan fingerprint density at radius 1 is 1.42 bits per heavy atom. The molecule has 1 saturated heterocycles. The van der Waals surface area contributed by atoms with E-state index < -0.39 is 0 Å². The van der Waals surface area contributed by atoms with Crippen molar-refractivity contribution < 1.29 is 0 Å². The van der Waals surface area contributed by atoms with Gasteiger partial charge in [0.25, 0.3) is 0 Å². The number of nitrogens with zero attached hydrogens (tertiary/aromatic N) is 1. The van der Waals surface area contributed by atoms with Gasteiger partial charge < -0.3 is 5.32 Å². The van der Waals surface area contributed by atoms with Crippen molar-refractivity contribution in [1.29, 1.82) is 0 Å². The maximum Gasteiger partial charge on any atom is 0.0654 e. The van der Waals surface area contributed by atoms with Crippen molar-refractivity contribution in [2.24, 2.45) is 5.92 Å². The molecule has 1 heterocycles. The number of hydrogen-bond donors (Lipinski definition) is 1. The van der Waals surface area contributed by atoms with Crippen molar-refractivity contribution in [1.82, 2.24) is 10.2 Å². The Bertz CT molecular complexity index is 108. The van der Waals surface area contributed by atoms with E-state index in [1.165, 1.54) is 19.5 Å². The van der Waals surface area contributed by atoms with Crippen molar-refractivity contribution >= 4 is 47.4 Å². The quantitative estimate of drug-likeness (QED) is 0.472. The normalized spacial score (nSPS) is 24.5. The van der Waals surface area contributed by atoms with Crippen LogP contribution in [0.1, 0.15) is 6.42 Å². The van der Waals surface area contributed by atoms with Gasteiger partial charge in [0, 0.05) is 6.54 Å². The molecule has 1 N–H and O–H groups in total. The molecule has 0 spiro atoms. The molecular weight excluding hydrogens is 310 g/mol. The van der Waals surface area contributed by atoms with E-state index >= 15 is 0 Å². The molecule has 12 heavy (non-hydrogen) atoms.